The van der Waals surface area contributed by atoms with Crippen LogP contribution in [-0.2, 0) is 5.33 Å². The van der Waals surface area contributed by atoms with Gasteiger partial charge in [0, 0.05) is 10.7 Å². The molecule has 1 heterocycles. The van der Waals surface area contributed by atoms with E-state index in [1.54, 1.807) is 6.26 Å². The predicted octanol–water partition coefficient (Wildman–Crippen LogP) is 4.09. The van der Waals surface area contributed by atoms with Crippen LogP contribution in [0.1, 0.15) is 5.56 Å². The molecule has 12 heavy (non-hydrogen) atoms. The van der Waals surface area contributed by atoms with E-state index in [-0.39, 0.29) is 0 Å². The van der Waals surface area contributed by atoms with Gasteiger partial charge in [-0.15, -0.1) is 0 Å². The van der Waals surface area contributed by atoms with Crippen molar-refractivity contribution in [3.05, 3.63) is 34.5 Å². The van der Waals surface area contributed by atoms with Crippen LogP contribution in [0.25, 0.3) is 11.0 Å². The predicted molar refractivity (Wildman–Crippen MR) is 56.5 cm³/mol. The van der Waals surface area contributed by atoms with Gasteiger partial charge in [0.25, 0.3) is 0 Å². The molecule has 62 valence electrons. The second kappa shape index (κ2) is 3.23. The molecule has 1 aromatic heterocycles. The molecule has 0 aliphatic rings. The highest BCUT2D eigenvalue weighted by Crippen LogP contribution is 2.27. The summed E-state index contributed by atoms with van der Waals surface area (Å²) in [7, 11) is 0. The summed E-state index contributed by atoms with van der Waals surface area (Å²) in [4.78, 5) is 0. The summed E-state index contributed by atoms with van der Waals surface area (Å²) < 4.78 is 6.34. The summed E-state index contributed by atoms with van der Waals surface area (Å²) in [6.07, 6.45) is 1.71. The highest BCUT2D eigenvalue weighted by molar-refractivity contribution is 9.10. The first-order valence-corrected chi connectivity index (χ1v) is 5.44. The average Bonchev–Trinajstić information content (AvgIpc) is 2.47. The normalized spacial score (nSPS) is 10.8. The van der Waals surface area contributed by atoms with Gasteiger partial charge in [0.2, 0.25) is 0 Å². The second-order valence-corrected chi connectivity index (χ2v) is 3.96. The fraction of sp³-hybridized carbons (Fsp3) is 0.111. The molecule has 0 aliphatic carbocycles. The van der Waals surface area contributed by atoms with Crippen LogP contribution in [0.15, 0.2) is 33.4 Å². The minimum Gasteiger partial charge on any atom is -0.463 e. The Morgan fingerprint density at radius 1 is 1.33 bits per heavy atom. The molecule has 0 unspecified atom stereocenters. The van der Waals surface area contributed by atoms with Gasteiger partial charge in [0.15, 0.2) is 0 Å². The number of halogens is 2. The van der Waals surface area contributed by atoms with Crippen LogP contribution in [0.2, 0.25) is 0 Å². The van der Waals surface area contributed by atoms with Crippen molar-refractivity contribution in [2.75, 3.05) is 0 Å². The largest absolute Gasteiger partial charge is 0.463 e. The molecule has 0 saturated carbocycles. The van der Waals surface area contributed by atoms with Crippen LogP contribution >= 0.6 is 31.9 Å². The number of benzene rings is 1. The van der Waals surface area contributed by atoms with Gasteiger partial charge in [0.1, 0.15) is 11.8 Å². The van der Waals surface area contributed by atoms with Crippen LogP contribution in [0.5, 0.6) is 0 Å². The number of fused-ring (bicyclic) bond motifs is 1. The van der Waals surface area contributed by atoms with Crippen LogP contribution in [0.3, 0.4) is 0 Å². The smallest absolute Gasteiger partial charge is 0.135 e. The van der Waals surface area contributed by atoms with Crippen molar-refractivity contribution >= 4 is 42.8 Å². The number of furan rings is 1. The zero-order valence-electron chi connectivity index (χ0n) is 6.18. The van der Waals surface area contributed by atoms with Gasteiger partial charge in [-0.1, -0.05) is 22.0 Å². The fourth-order valence-electron chi connectivity index (χ4n) is 1.12. The van der Waals surface area contributed by atoms with Crippen molar-refractivity contribution in [3.8, 4) is 0 Å². The van der Waals surface area contributed by atoms with E-state index in [1.165, 1.54) is 5.56 Å². The van der Waals surface area contributed by atoms with Gasteiger partial charge in [-0.3, -0.25) is 0 Å². The molecule has 0 fully saturated rings. The Labute approximate surface area is 87.0 Å². The Morgan fingerprint density at radius 2 is 2.17 bits per heavy atom. The summed E-state index contributed by atoms with van der Waals surface area (Å²) >= 11 is 6.80. The molecule has 1 aromatic carbocycles. The van der Waals surface area contributed by atoms with E-state index in [2.05, 4.69) is 44.0 Å². The molecular formula is C9H6Br2O. The van der Waals surface area contributed by atoms with Crippen molar-refractivity contribution in [3.63, 3.8) is 0 Å². The minimum absolute atomic E-state index is 0.862. The quantitative estimate of drug-likeness (QED) is 0.721. The Hall–Kier alpha value is -0.280. The molecule has 0 amide bonds. The highest BCUT2D eigenvalue weighted by atomic mass is 79.9. The van der Waals surface area contributed by atoms with E-state index in [0.29, 0.717) is 0 Å². The average molecular weight is 290 g/mol. The molecular weight excluding hydrogens is 284 g/mol. The monoisotopic (exact) mass is 288 g/mol. The third-order valence-electron chi connectivity index (χ3n) is 1.75. The van der Waals surface area contributed by atoms with Gasteiger partial charge in [-0.05, 0) is 33.6 Å². The fourth-order valence-corrected chi connectivity index (χ4v) is 1.89. The first-order chi connectivity index (χ1) is 5.81. The molecule has 0 saturated heterocycles. The van der Waals surface area contributed by atoms with E-state index >= 15 is 0 Å². The number of alkyl halides is 1. The first-order valence-electron chi connectivity index (χ1n) is 3.53. The SMILES string of the molecule is BrCc1ccc2c(Br)coc2c1. The van der Waals surface area contributed by atoms with Gasteiger partial charge in [0.05, 0.1) is 4.47 Å². The summed E-state index contributed by atoms with van der Waals surface area (Å²) in [6, 6.07) is 6.17. The summed E-state index contributed by atoms with van der Waals surface area (Å²) in [5, 5.41) is 1.99. The van der Waals surface area contributed by atoms with Crippen molar-refractivity contribution in [2.45, 2.75) is 5.33 Å². The van der Waals surface area contributed by atoms with Gasteiger partial charge in [-0.25, -0.2) is 0 Å². The molecule has 3 heteroatoms. The van der Waals surface area contributed by atoms with Crippen LogP contribution < -0.4 is 0 Å². The van der Waals surface area contributed by atoms with Crippen molar-refractivity contribution < 1.29 is 4.42 Å². The molecule has 2 rings (SSSR count). The van der Waals surface area contributed by atoms with E-state index in [4.69, 9.17) is 4.42 Å². The molecule has 0 bridgehead atoms. The maximum absolute atomic E-state index is 5.32. The van der Waals surface area contributed by atoms with Gasteiger partial charge >= 0.3 is 0 Å². The maximum Gasteiger partial charge on any atom is 0.135 e. The van der Waals surface area contributed by atoms with Crippen molar-refractivity contribution in [2.24, 2.45) is 0 Å². The third kappa shape index (κ3) is 1.31. The van der Waals surface area contributed by atoms with E-state index in [0.717, 1.165) is 20.8 Å². The van der Waals surface area contributed by atoms with Gasteiger partial charge in [-0.2, -0.15) is 0 Å². The third-order valence-corrected chi connectivity index (χ3v) is 3.01. The molecule has 1 nitrogen and oxygen atoms in total. The number of rotatable bonds is 1. The topological polar surface area (TPSA) is 13.1 Å². The Bertz CT molecular complexity index is 406. The lowest BCUT2D eigenvalue weighted by Gasteiger charge is -1.93. The van der Waals surface area contributed by atoms with E-state index < -0.39 is 0 Å². The molecule has 0 atom stereocenters. The standard InChI is InChI=1S/C9H6Br2O/c10-4-6-1-2-7-8(11)5-12-9(7)3-6/h1-3,5H,4H2. The number of hydrogen-bond donors (Lipinski definition) is 0. The lowest BCUT2D eigenvalue weighted by atomic mass is 10.2. The lowest BCUT2D eigenvalue weighted by Crippen LogP contribution is -1.74. The van der Waals surface area contributed by atoms with Crippen LogP contribution in [0, 0.1) is 0 Å². The van der Waals surface area contributed by atoms with E-state index in [1.807, 2.05) is 6.07 Å². The molecule has 0 aliphatic heterocycles. The van der Waals surface area contributed by atoms with E-state index in [9.17, 15) is 0 Å². The zero-order valence-corrected chi connectivity index (χ0v) is 9.35. The number of hydrogen-bond acceptors (Lipinski definition) is 1. The van der Waals surface area contributed by atoms with Crippen molar-refractivity contribution in [1.29, 1.82) is 0 Å². The second-order valence-electron chi connectivity index (χ2n) is 2.55. The molecule has 2 aromatic rings. The highest BCUT2D eigenvalue weighted by Gasteiger charge is 2.02. The molecule has 0 spiro atoms. The van der Waals surface area contributed by atoms with Crippen molar-refractivity contribution in [1.82, 2.24) is 0 Å². The Kier molecular flexibility index (Phi) is 2.24. The Balaban J connectivity index is 2.69. The molecule has 0 N–H and O–H groups in total. The minimum atomic E-state index is 0.862. The maximum atomic E-state index is 5.32. The lowest BCUT2D eigenvalue weighted by molar-refractivity contribution is 0.613. The zero-order chi connectivity index (χ0) is 8.55. The van der Waals surface area contributed by atoms with Gasteiger partial charge < -0.3 is 4.42 Å². The Morgan fingerprint density at radius 3 is 2.92 bits per heavy atom. The first kappa shape index (κ1) is 8.32. The molecule has 0 radical (unpaired) electrons. The van der Waals surface area contributed by atoms with Crippen LogP contribution in [-0.4, -0.2) is 0 Å². The summed E-state index contributed by atoms with van der Waals surface area (Å²) in [5.74, 6) is 0. The van der Waals surface area contributed by atoms with Crippen LogP contribution in [0.4, 0.5) is 0 Å². The summed E-state index contributed by atoms with van der Waals surface area (Å²) in [5.41, 5.74) is 2.16. The summed E-state index contributed by atoms with van der Waals surface area (Å²) in [6.45, 7) is 0.